The molecule has 2 aromatic rings. The molecular formula is C67H108ClN3O19. The number of likely N-dealkylation sites (tertiary alicyclic amines) is 1. The van der Waals surface area contributed by atoms with Crippen LogP contribution in [0.15, 0.2) is 66.7 Å². The Balaban J connectivity index is 0.000000374. The largest absolute Gasteiger partial charge is 0.478 e. The Morgan fingerprint density at radius 2 is 1.50 bits per heavy atom. The lowest BCUT2D eigenvalue weighted by atomic mass is 9.71. The number of benzene rings is 2. The Morgan fingerprint density at radius 1 is 0.867 bits per heavy atom. The lowest BCUT2D eigenvalue weighted by molar-refractivity contribution is -0.318. The molecule has 5 aliphatic heterocycles. The van der Waals surface area contributed by atoms with Gasteiger partial charge in [-0.25, -0.2) is 9.59 Å². The Hall–Kier alpha value is -3.76. The van der Waals surface area contributed by atoms with Gasteiger partial charge in [-0.2, -0.15) is 0 Å². The van der Waals surface area contributed by atoms with Crippen molar-refractivity contribution < 1.29 is 92.4 Å². The number of aliphatic hydroxyl groups excluding tert-OH is 2. The number of carboxylic acids is 2. The number of aliphatic hydroxyl groups is 4. The summed E-state index contributed by atoms with van der Waals surface area (Å²) in [6.45, 7) is 23.2. The highest BCUT2D eigenvalue weighted by molar-refractivity contribution is 6.30. The van der Waals surface area contributed by atoms with E-state index in [2.05, 4.69) is 60.6 Å². The van der Waals surface area contributed by atoms with Crippen molar-refractivity contribution in [2.24, 2.45) is 23.7 Å². The molecule has 0 spiro atoms. The molecular weight excluding hydrogens is 1190 g/mol. The van der Waals surface area contributed by atoms with E-state index in [4.69, 9.17) is 69.2 Å². The first-order chi connectivity index (χ1) is 42.2. The van der Waals surface area contributed by atoms with Gasteiger partial charge >= 0.3 is 17.9 Å². The quantitative estimate of drug-likeness (QED) is 0.0398. The maximum atomic E-state index is 14.5. The molecule has 5 aliphatic rings. The molecule has 23 heteroatoms. The van der Waals surface area contributed by atoms with Crippen LogP contribution in [0.4, 0.5) is 0 Å². The number of nitrogens with one attached hydrogen (secondary N) is 1. The van der Waals surface area contributed by atoms with Crippen molar-refractivity contribution in [2.45, 2.75) is 229 Å². The van der Waals surface area contributed by atoms with E-state index < -0.39 is 114 Å². The number of halogens is 1. The van der Waals surface area contributed by atoms with Crippen molar-refractivity contribution in [3.05, 3.63) is 82.9 Å². The molecule has 90 heavy (non-hydrogen) atoms. The molecule has 7 rings (SSSR count). The summed E-state index contributed by atoms with van der Waals surface area (Å²) >= 11 is 6.07. The molecule has 0 aromatic heterocycles. The number of fused-ring (bicyclic) bond motifs is 2. The smallest absolute Gasteiger partial charge is 0.328 e. The minimum absolute atomic E-state index is 0.137. The van der Waals surface area contributed by atoms with Crippen LogP contribution in [-0.4, -0.2) is 229 Å². The number of nitrogens with zero attached hydrogens (tertiary/aromatic N) is 2. The minimum atomic E-state index is -1.64. The van der Waals surface area contributed by atoms with Crippen molar-refractivity contribution in [3.8, 4) is 0 Å². The van der Waals surface area contributed by atoms with Crippen molar-refractivity contribution in [1.29, 1.82) is 0 Å². The van der Waals surface area contributed by atoms with Crippen LogP contribution in [0, 0.1) is 23.7 Å². The second-order valence-corrected chi connectivity index (χ2v) is 26.8. The normalized spacial score (nSPS) is 37.8. The van der Waals surface area contributed by atoms with Gasteiger partial charge < -0.3 is 87.8 Å². The Labute approximate surface area is 539 Å². The van der Waals surface area contributed by atoms with Gasteiger partial charge in [0.25, 0.3) is 0 Å². The number of carboxylic acid groups (broad SMARTS) is 2. The molecule has 512 valence electrons. The highest BCUT2D eigenvalue weighted by Crippen LogP contribution is 2.43. The van der Waals surface area contributed by atoms with E-state index in [-0.39, 0.29) is 55.9 Å². The number of hydrogen-bond donors (Lipinski definition) is 7. The number of aliphatic carboxylic acids is 2. The average Bonchev–Trinajstić information content (AvgIpc) is 0.902. The van der Waals surface area contributed by atoms with Gasteiger partial charge in [0, 0.05) is 74.4 Å². The van der Waals surface area contributed by atoms with Gasteiger partial charge in [0.05, 0.1) is 67.5 Å². The van der Waals surface area contributed by atoms with Crippen LogP contribution >= 0.6 is 11.6 Å². The van der Waals surface area contributed by atoms with Crippen LogP contribution < -0.4 is 5.32 Å². The summed E-state index contributed by atoms with van der Waals surface area (Å²) in [7, 11) is 9.12. The van der Waals surface area contributed by atoms with Crippen LogP contribution in [0.5, 0.6) is 0 Å². The van der Waals surface area contributed by atoms with Crippen LogP contribution in [0.2, 0.25) is 5.02 Å². The van der Waals surface area contributed by atoms with Crippen LogP contribution in [0.3, 0.4) is 0 Å². The van der Waals surface area contributed by atoms with E-state index in [0.717, 1.165) is 23.6 Å². The van der Waals surface area contributed by atoms with Gasteiger partial charge in [-0.05, 0) is 144 Å². The maximum Gasteiger partial charge on any atom is 0.328 e. The fraction of sp³-hybridized carbons (Fsp3) is 0.746. The number of carbonyl (C=O) groups is 3. The highest BCUT2D eigenvalue weighted by atomic mass is 35.5. The van der Waals surface area contributed by atoms with Crippen LogP contribution in [0.1, 0.15) is 132 Å². The summed E-state index contributed by atoms with van der Waals surface area (Å²) in [5, 5.41) is 67.9. The van der Waals surface area contributed by atoms with Gasteiger partial charge in [0.15, 0.2) is 12.6 Å². The van der Waals surface area contributed by atoms with E-state index in [1.54, 1.807) is 41.7 Å². The molecule has 2 bridgehead atoms. The number of rotatable bonds is 20. The fourth-order valence-corrected chi connectivity index (χ4v) is 13.9. The van der Waals surface area contributed by atoms with E-state index in [0.29, 0.717) is 37.8 Å². The number of hydrogen-bond acceptors (Lipinski definition) is 20. The zero-order valence-corrected chi connectivity index (χ0v) is 56.7. The van der Waals surface area contributed by atoms with Crippen molar-refractivity contribution in [2.75, 3.05) is 68.3 Å². The molecule has 0 amide bonds. The third kappa shape index (κ3) is 20.4. The van der Waals surface area contributed by atoms with Gasteiger partial charge in [-0.15, -0.1) is 0 Å². The summed E-state index contributed by atoms with van der Waals surface area (Å²) in [4.78, 5) is 38.0. The van der Waals surface area contributed by atoms with Gasteiger partial charge in [0.2, 0.25) is 0 Å². The Bertz CT molecular complexity index is 2520. The number of esters is 1. The standard InChI is InChI=1S/C42H78N2O14.C21H26ClNO.C4H4O4/c1-15-29-42(10,49)37-24(4)32(43-30(56-37)21-52-17-16-50-13)22(2)19-40(8,48)36(58-39-33(45)28(44(11)12)18-23(3)53-39)25(5)34(26(6)38(47)55-29)57-31-20-41(9,51-14)35(46)27(7)54-31;1-21(17-7-4-3-5-8-17,18-10-12-19(22)13-11-18)24-16-14-20-9-6-15-23(20)2;5-3(6)1-2-4(7)8/h22-37,39,43,45-46,48-49H,15-21H2,1-14H3;3-5,7-8,10-13,20H,6,9,14-16H2,1-2H3;1-2H,(H,5,6)(H,7,8)/b;;2-1+/t22-,23-,24+,25+,26-,27+,28+,29-,30-,31+,32+,33-,34+,35+,36-,37+,39+,40-,41-,42-;20-,21-;/m11./s1. The summed E-state index contributed by atoms with van der Waals surface area (Å²) < 4.78 is 62.2. The number of ether oxygens (including phenoxy) is 10. The monoisotopic (exact) mass is 1290 g/mol. The van der Waals surface area contributed by atoms with E-state index >= 15 is 0 Å². The molecule has 5 saturated heterocycles. The van der Waals surface area contributed by atoms with Crippen molar-refractivity contribution in [3.63, 3.8) is 0 Å². The highest BCUT2D eigenvalue weighted by Gasteiger charge is 2.56. The molecule has 0 saturated carbocycles. The molecule has 5 fully saturated rings. The number of methoxy groups -OCH3 is 2. The summed E-state index contributed by atoms with van der Waals surface area (Å²) in [6, 6.07) is 18.5. The van der Waals surface area contributed by atoms with E-state index in [1.165, 1.54) is 32.1 Å². The van der Waals surface area contributed by atoms with Crippen LogP contribution in [0.25, 0.3) is 0 Å². The molecule has 2 aromatic carbocycles. The summed E-state index contributed by atoms with van der Waals surface area (Å²) in [5.74, 6) is -5.47. The van der Waals surface area contributed by atoms with Crippen LogP contribution in [-0.2, 0) is 67.4 Å². The predicted molar refractivity (Wildman–Crippen MR) is 339 cm³/mol. The Morgan fingerprint density at radius 3 is 2.07 bits per heavy atom. The number of carbonyl (C=O) groups excluding carboxylic acids is 1. The number of cyclic esters (lactones) is 1. The molecule has 0 unspecified atom stereocenters. The third-order valence-electron chi connectivity index (χ3n) is 19.1. The number of likely N-dealkylation sites (N-methyl/N-ethyl adjacent to an activating group) is 1. The molecule has 5 heterocycles. The van der Waals surface area contributed by atoms with Gasteiger partial charge in [0.1, 0.15) is 35.7 Å². The first-order valence-corrected chi connectivity index (χ1v) is 32.2. The maximum absolute atomic E-state index is 14.5. The molecule has 0 aliphatic carbocycles. The minimum Gasteiger partial charge on any atom is -0.478 e. The summed E-state index contributed by atoms with van der Waals surface area (Å²) in [5.41, 5.74) is -2.42. The first kappa shape index (κ1) is 76.9. The zero-order valence-electron chi connectivity index (χ0n) is 56.0. The molecule has 0 radical (unpaired) electrons. The second-order valence-electron chi connectivity index (χ2n) is 26.4. The average molecular weight is 1300 g/mol. The van der Waals surface area contributed by atoms with E-state index in [1.807, 2.05) is 71.8 Å². The fourth-order valence-electron chi connectivity index (χ4n) is 13.8. The second kappa shape index (κ2) is 34.6. The van der Waals surface area contributed by atoms with Crippen molar-refractivity contribution >= 4 is 29.5 Å². The predicted octanol–water partition coefficient (Wildman–Crippen LogP) is 7.02. The SMILES string of the molecule is CC[C@H]1OC(=O)[C@H](C)[C@@H](O[C@H]2C[C@@](C)(OC)[C@@H](O)[C@H](C)O2)[C@H](C)[C@@H](O[C@@H]2O[C@H](C)C[C@H](N(C)C)[C@H]2O)[C@](C)(O)C[C@@H](C)[C@@H]2N[C@@H](COCCOC)O[C@@H]([C@H]2C)[C@]1(C)O.CN1CCC[C@@H]1CCO[C@](C)(c1ccccc1)c1ccc(Cl)cc1.O=C(O)/C=C/C(=O)O. The molecule has 22 nitrogen and oxygen atoms in total. The lowest BCUT2D eigenvalue weighted by Gasteiger charge is -2.52. The first-order valence-electron chi connectivity index (χ1n) is 31.9. The lowest BCUT2D eigenvalue weighted by Crippen LogP contribution is -2.67. The zero-order chi connectivity index (χ0) is 67.1. The molecule has 7 N–H and O–H groups in total. The van der Waals surface area contributed by atoms with Gasteiger partial charge in [-0.1, -0.05) is 81.8 Å². The Kier molecular flexibility index (Phi) is 29.6. The topological polar surface area (TPSA) is 283 Å². The third-order valence-corrected chi connectivity index (χ3v) is 19.3. The van der Waals surface area contributed by atoms with E-state index in [9.17, 15) is 34.8 Å². The van der Waals surface area contributed by atoms with Gasteiger partial charge in [-0.3, -0.25) is 10.1 Å². The summed E-state index contributed by atoms with van der Waals surface area (Å²) in [6.07, 6.45) is -3.52. The van der Waals surface area contributed by atoms with Crippen molar-refractivity contribution in [1.82, 2.24) is 15.1 Å². The molecule has 22 atom stereocenters.